The van der Waals surface area contributed by atoms with Crippen LogP contribution in [0.2, 0.25) is 0 Å². The molecule has 0 aliphatic heterocycles. The lowest BCUT2D eigenvalue weighted by Crippen LogP contribution is -2.08. The van der Waals surface area contributed by atoms with Crippen LogP contribution in [0.15, 0.2) is 30.6 Å². The maximum absolute atomic E-state index is 5.54. The molecule has 0 amide bonds. The van der Waals surface area contributed by atoms with Crippen molar-refractivity contribution in [2.75, 3.05) is 19.0 Å². The zero-order valence-corrected chi connectivity index (χ0v) is 12.6. The van der Waals surface area contributed by atoms with Crippen LogP contribution in [0.1, 0.15) is 37.7 Å². The van der Waals surface area contributed by atoms with Gasteiger partial charge in [-0.25, -0.2) is 9.97 Å². The van der Waals surface area contributed by atoms with Gasteiger partial charge in [-0.05, 0) is 37.3 Å². The van der Waals surface area contributed by atoms with Gasteiger partial charge in [0.2, 0.25) is 0 Å². The summed E-state index contributed by atoms with van der Waals surface area (Å²) in [5.41, 5.74) is 3.35. The van der Waals surface area contributed by atoms with Gasteiger partial charge in [0.15, 0.2) is 11.6 Å². The Kier molecular flexibility index (Phi) is 4.04. The van der Waals surface area contributed by atoms with Crippen molar-refractivity contribution >= 4 is 5.82 Å². The lowest BCUT2D eigenvalue weighted by molar-refractivity contribution is 0.414. The van der Waals surface area contributed by atoms with Crippen molar-refractivity contribution in [2.24, 2.45) is 0 Å². The van der Waals surface area contributed by atoms with Crippen LogP contribution in [0.25, 0.3) is 11.3 Å². The second kappa shape index (κ2) is 6.12. The average molecular weight is 283 g/mol. The quantitative estimate of drug-likeness (QED) is 0.905. The van der Waals surface area contributed by atoms with E-state index in [1.807, 2.05) is 6.92 Å². The van der Waals surface area contributed by atoms with Gasteiger partial charge < -0.3 is 10.1 Å². The van der Waals surface area contributed by atoms with Crippen LogP contribution in [0.5, 0.6) is 5.75 Å². The third kappa shape index (κ3) is 2.71. The van der Waals surface area contributed by atoms with Crippen LogP contribution in [0.4, 0.5) is 5.82 Å². The SMILES string of the molecule is CCNc1ncnc(-c2cccc(C3CCC3)c2)c1OC. The molecule has 0 radical (unpaired) electrons. The summed E-state index contributed by atoms with van der Waals surface area (Å²) in [6.45, 7) is 2.84. The van der Waals surface area contributed by atoms with E-state index in [0.717, 1.165) is 23.6 Å². The first kappa shape index (κ1) is 13.9. The van der Waals surface area contributed by atoms with E-state index in [2.05, 4.69) is 39.6 Å². The van der Waals surface area contributed by atoms with Crippen molar-refractivity contribution in [3.05, 3.63) is 36.2 Å². The Balaban J connectivity index is 2.01. The maximum Gasteiger partial charge on any atom is 0.187 e. The fraction of sp³-hybridized carbons (Fsp3) is 0.412. The minimum Gasteiger partial charge on any atom is -0.491 e. The third-order valence-corrected chi connectivity index (χ3v) is 4.09. The molecule has 0 atom stereocenters. The Hall–Kier alpha value is -2.10. The van der Waals surface area contributed by atoms with Crippen LogP contribution >= 0.6 is 0 Å². The molecule has 3 rings (SSSR count). The third-order valence-electron chi connectivity index (χ3n) is 4.09. The second-order valence-electron chi connectivity index (χ2n) is 5.39. The van der Waals surface area contributed by atoms with Gasteiger partial charge in [0.05, 0.1) is 7.11 Å². The molecule has 1 N–H and O–H groups in total. The van der Waals surface area contributed by atoms with E-state index in [9.17, 15) is 0 Å². The van der Waals surface area contributed by atoms with Crippen molar-refractivity contribution in [1.82, 2.24) is 9.97 Å². The molecule has 1 aliphatic rings. The Morgan fingerprint density at radius 3 is 2.81 bits per heavy atom. The molecule has 1 aliphatic carbocycles. The average Bonchev–Trinajstić information content (AvgIpc) is 2.46. The van der Waals surface area contributed by atoms with E-state index in [-0.39, 0.29) is 0 Å². The van der Waals surface area contributed by atoms with Gasteiger partial charge >= 0.3 is 0 Å². The fourth-order valence-electron chi connectivity index (χ4n) is 2.75. The molecule has 1 aromatic heterocycles. The molecule has 4 nitrogen and oxygen atoms in total. The summed E-state index contributed by atoms with van der Waals surface area (Å²) in [4.78, 5) is 8.69. The zero-order chi connectivity index (χ0) is 14.7. The number of rotatable bonds is 5. The van der Waals surface area contributed by atoms with Gasteiger partial charge in [-0.1, -0.05) is 24.6 Å². The summed E-state index contributed by atoms with van der Waals surface area (Å²) in [6.07, 6.45) is 5.53. The lowest BCUT2D eigenvalue weighted by Gasteiger charge is -2.26. The topological polar surface area (TPSA) is 47.0 Å². The summed E-state index contributed by atoms with van der Waals surface area (Å²) in [5, 5.41) is 3.22. The monoisotopic (exact) mass is 283 g/mol. The number of nitrogens with one attached hydrogen (secondary N) is 1. The van der Waals surface area contributed by atoms with Crippen LogP contribution in [0.3, 0.4) is 0 Å². The van der Waals surface area contributed by atoms with E-state index in [1.165, 1.54) is 24.8 Å². The van der Waals surface area contributed by atoms with Crippen LogP contribution in [-0.4, -0.2) is 23.6 Å². The van der Waals surface area contributed by atoms with Gasteiger partial charge in [-0.15, -0.1) is 0 Å². The second-order valence-corrected chi connectivity index (χ2v) is 5.39. The van der Waals surface area contributed by atoms with Gasteiger partial charge in [0.25, 0.3) is 0 Å². The summed E-state index contributed by atoms with van der Waals surface area (Å²) in [5.74, 6) is 2.18. The highest BCUT2D eigenvalue weighted by molar-refractivity contribution is 5.73. The standard InChI is InChI=1S/C17H21N3O/c1-3-18-17-16(21-2)15(19-11-20-17)14-9-5-8-13(10-14)12-6-4-7-12/h5,8-12H,3-4,6-7H2,1-2H3,(H,18,19,20). The first-order chi connectivity index (χ1) is 10.3. The normalized spacial score (nSPS) is 14.6. The Morgan fingerprint density at radius 2 is 2.14 bits per heavy atom. The Morgan fingerprint density at radius 1 is 1.29 bits per heavy atom. The summed E-state index contributed by atoms with van der Waals surface area (Å²) >= 11 is 0. The van der Waals surface area contributed by atoms with E-state index in [0.29, 0.717) is 11.7 Å². The van der Waals surface area contributed by atoms with Gasteiger partial charge in [0.1, 0.15) is 12.0 Å². The molecule has 1 fully saturated rings. The molecule has 4 heteroatoms. The summed E-state index contributed by atoms with van der Waals surface area (Å²) in [7, 11) is 1.67. The van der Waals surface area contributed by atoms with Crippen molar-refractivity contribution in [1.29, 1.82) is 0 Å². The van der Waals surface area contributed by atoms with E-state index < -0.39 is 0 Å². The summed E-state index contributed by atoms with van der Waals surface area (Å²) in [6, 6.07) is 8.65. The highest BCUT2D eigenvalue weighted by Crippen LogP contribution is 2.39. The van der Waals surface area contributed by atoms with Crippen molar-refractivity contribution in [2.45, 2.75) is 32.1 Å². The molecule has 0 unspecified atom stereocenters. The minimum atomic E-state index is 0.713. The van der Waals surface area contributed by atoms with Crippen molar-refractivity contribution in [3.8, 4) is 17.0 Å². The first-order valence-electron chi connectivity index (χ1n) is 7.56. The molecule has 1 saturated carbocycles. The van der Waals surface area contributed by atoms with E-state index in [4.69, 9.17) is 4.74 Å². The molecule has 2 aromatic rings. The number of ether oxygens (including phenoxy) is 1. The van der Waals surface area contributed by atoms with E-state index >= 15 is 0 Å². The molecule has 110 valence electrons. The molecule has 1 heterocycles. The number of aromatic nitrogens is 2. The molecule has 1 aromatic carbocycles. The van der Waals surface area contributed by atoms with Gasteiger partial charge in [-0.3, -0.25) is 0 Å². The predicted octanol–water partition coefficient (Wildman–Crippen LogP) is 3.85. The molecule has 0 saturated heterocycles. The Bertz CT molecular complexity index is 623. The molecule has 0 spiro atoms. The maximum atomic E-state index is 5.54. The van der Waals surface area contributed by atoms with Crippen LogP contribution in [0, 0.1) is 0 Å². The van der Waals surface area contributed by atoms with Crippen molar-refractivity contribution in [3.63, 3.8) is 0 Å². The number of anilines is 1. The molecular formula is C17H21N3O. The zero-order valence-electron chi connectivity index (χ0n) is 12.6. The van der Waals surface area contributed by atoms with Gasteiger partial charge in [-0.2, -0.15) is 0 Å². The van der Waals surface area contributed by atoms with E-state index in [1.54, 1.807) is 13.4 Å². The lowest BCUT2D eigenvalue weighted by atomic mass is 9.79. The highest BCUT2D eigenvalue weighted by atomic mass is 16.5. The highest BCUT2D eigenvalue weighted by Gasteiger charge is 2.20. The smallest absolute Gasteiger partial charge is 0.187 e. The fourth-order valence-corrected chi connectivity index (χ4v) is 2.75. The minimum absolute atomic E-state index is 0.713. The molecular weight excluding hydrogens is 262 g/mol. The number of hydrogen-bond acceptors (Lipinski definition) is 4. The first-order valence-corrected chi connectivity index (χ1v) is 7.56. The molecule has 21 heavy (non-hydrogen) atoms. The predicted molar refractivity (Wildman–Crippen MR) is 84.8 cm³/mol. The summed E-state index contributed by atoms with van der Waals surface area (Å²) < 4.78 is 5.54. The number of methoxy groups -OCH3 is 1. The van der Waals surface area contributed by atoms with Crippen LogP contribution < -0.4 is 10.1 Å². The van der Waals surface area contributed by atoms with Crippen molar-refractivity contribution < 1.29 is 4.74 Å². The van der Waals surface area contributed by atoms with Crippen LogP contribution in [-0.2, 0) is 0 Å². The largest absolute Gasteiger partial charge is 0.491 e. The number of benzene rings is 1. The Labute approximate surface area is 125 Å². The van der Waals surface area contributed by atoms with Gasteiger partial charge in [0, 0.05) is 12.1 Å². The molecule has 0 bridgehead atoms. The number of nitrogens with zero attached hydrogens (tertiary/aromatic N) is 2. The number of hydrogen-bond donors (Lipinski definition) is 1.